The van der Waals surface area contributed by atoms with E-state index in [0.717, 1.165) is 21.2 Å². The van der Waals surface area contributed by atoms with Crippen molar-refractivity contribution in [1.29, 1.82) is 0 Å². The molecule has 0 atom stereocenters. The van der Waals surface area contributed by atoms with Gasteiger partial charge in [0.2, 0.25) is 10.0 Å². The first-order chi connectivity index (χ1) is 7.00. The fraction of sp³-hybridized carbons (Fsp3) is 0.400. The summed E-state index contributed by atoms with van der Waals surface area (Å²) in [6.45, 7) is 2.56. The zero-order chi connectivity index (χ0) is 11.1. The predicted molar refractivity (Wildman–Crippen MR) is 69.6 cm³/mol. The van der Waals surface area contributed by atoms with Crippen molar-refractivity contribution in [3.63, 3.8) is 0 Å². The van der Waals surface area contributed by atoms with Gasteiger partial charge in [-0.2, -0.15) is 0 Å². The summed E-state index contributed by atoms with van der Waals surface area (Å²) in [7, 11) is -3.05. The molecule has 0 bridgehead atoms. The van der Waals surface area contributed by atoms with Crippen LogP contribution in [0.3, 0.4) is 0 Å². The Labute approximate surface area is 104 Å². The van der Waals surface area contributed by atoms with Crippen molar-refractivity contribution in [3.8, 4) is 0 Å². The number of rotatable bonds is 1. The molecule has 3 nitrogen and oxygen atoms in total. The summed E-state index contributed by atoms with van der Waals surface area (Å²) in [5, 5.41) is 0. The Balaban J connectivity index is 2.50. The number of hydrogen-bond acceptors (Lipinski definition) is 2. The lowest BCUT2D eigenvalue weighted by Gasteiger charge is -2.19. The van der Waals surface area contributed by atoms with Gasteiger partial charge in [-0.05, 0) is 53.6 Å². The van der Waals surface area contributed by atoms with E-state index < -0.39 is 10.0 Å². The third kappa shape index (κ3) is 2.13. The molecule has 0 amide bonds. The second-order valence-corrected chi connectivity index (χ2v) is 6.93. The van der Waals surface area contributed by atoms with E-state index in [2.05, 4.69) is 22.6 Å². The Morgan fingerprint density at radius 2 is 2.13 bits per heavy atom. The summed E-state index contributed by atoms with van der Waals surface area (Å²) in [6, 6.07) is 5.88. The average molecular weight is 337 g/mol. The average Bonchev–Trinajstić information content (AvgIpc) is 2.50. The molecule has 1 fully saturated rings. The highest BCUT2D eigenvalue weighted by Gasteiger charge is 2.29. The van der Waals surface area contributed by atoms with Crippen LogP contribution in [-0.4, -0.2) is 20.7 Å². The molecule has 15 heavy (non-hydrogen) atoms. The van der Waals surface area contributed by atoms with Crippen LogP contribution in [0.1, 0.15) is 12.0 Å². The van der Waals surface area contributed by atoms with Gasteiger partial charge < -0.3 is 0 Å². The van der Waals surface area contributed by atoms with Gasteiger partial charge in [-0.1, -0.05) is 6.07 Å². The molecule has 0 unspecified atom stereocenters. The second kappa shape index (κ2) is 3.93. The zero-order valence-electron chi connectivity index (χ0n) is 8.40. The van der Waals surface area contributed by atoms with Gasteiger partial charge in [-0.3, -0.25) is 4.31 Å². The fourth-order valence-electron chi connectivity index (χ4n) is 1.76. The topological polar surface area (TPSA) is 37.4 Å². The standard InChI is InChI=1S/C10H12INO2S/c1-8-3-4-9(11)7-10(8)12-5-2-6-15(12,13)14/h3-4,7H,2,5-6H2,1H3. The molecule has 1 aromatic rings. The lowest BCUT2D eigenvalue weighted by atomic mass is 10.2. The Morgan fingerprint density at radius 3 is 2.73 bits per heavy atom. The first-order valence-electron chi connectivity index (χ1n) is 4.77. The molecule has 5 heteroatoms. The molecule has 1 aliphatic heterocycles. The molecule has 82 valence electrons. The van der Waals surface area contributed by atoms with Crippen molar-refractivity contribution in [2.75, 3.05) is 16.6 Å². The van der Waals surface area contributed by atoms with Crippen LogP contribution in [0, 0.1) is 10.5 Å². The molecule has 1 heterocycles. The minimum Gasteiger partial charge on any atom is -0.270 e. The molecule has 2 rings (SSSR count). The molecule has 0 saturated carbocycles. The third-order valence-corrected chi connectivity index (χ3v) is 5.07. The predicted octanol–water partition coefficient (Wildman–Crippen LogP) is 2.14. The molecule has 0 spiro atoms. The van der Waals surface area contributed by atoms with E-state index in [4.69, 9.17) is 0 Å². The highest BCUT2D eigenvalue weighted by atomic mass is 127. The minimum absolute atomic E-state index is 0.276. The van der Waals surface area contributed by atoms with Crippen molar-refractivity contribution < 1.29 is 8.42 Å². The summed E-state index contributed by atoms with van der Waals surface area (Å²) >= 11 is 2.20. The first kappa shape index (κ1) is 11.2. The number of nitrogens with zero attached hydrogens (tertiary/aromatic N) is 1. The number of aryl methyl sites for hydroxylation is 1. The Bertz CT molecular complexity index is 484. The van der Waals surface area contributed by atoms with Crippen LogP contribution in [0.4, 0.5) is 5.69 Å². The summed E-state index contributed by atoms with van der Waals surface area (Å²) < 4.78 is 26.1. The van der Waals surface area contributed by atoms with Crippen LogP contribution in [0.2, 0.25) is 0 Å². The van der Waals surface area contributed by atoms with Crippen LogP contribution in [0.25, 0.3) is 0 Å². The largest absolute Gasteiger partial charge is 0.270 e. The van der Waals surface area contributed by atoms with E-state index in [9.17, 15) is 8.42 Å². The summed E-state index contributed by atoms with van der Waals surface area (Å²) in [5.74, 6) is 0.276. The van der Waals surface area contributed by atoms with Crippen LogP contribution in [0.5, 0.6) is 0 Å². The number of benzene rings is 1. The van der Waals surface area contributed by atoms with Crippen molar-refractivity contribution >= 4 is 38.3 Å². The van der Waals surface area contributed by atoms with Gasteiger partial charge in [-0.15, -0.1) is 0 Å². The molecule has 0 N–H and O–H groups in total. The van der Waals surface area contributed by atoms with Crippen LogP contribution < -0.4 is 4.31 Å². The van der Waals surface area contributed by atoms with Crippen LogP contribution in [-0.2, 0) is 10.0 Å². The molecule has 0 radical (unpaired) electrons. The normalized spacial score (nSPS) is 19.5. The third-order valence-electron chi connectivity index (χ3n) is 2.54. The molecular weight excluding hydrogens is 325 g/mol. The maximum Gasteiger partial charge on any atom is 0.235 e. The number of anilines is 1. The molecule has 1 aliphatic rings. The van der Waals surface area contributed by atoms with Gasteiger partial charge >= 0.3 is 0 Å². The Hall–Kier alpha value is -0.300. The van der Waals surface area contributed by atoms with Crippen molar-refractivity contribution in [1.82, 2.24) is 0 Å². The minimum atomic E-state index is -3.05. The number of hydrogen-bond donors (Lipinski definition) is 0. The highest BCUT2D eigenvalue weighted by molar-refractivity contribution is 14.1. The molecule has 0 aliphatic carbocycles. The van der Waals surface area contributed by atoms with E-state index in [1.54, 1.807) is 0 Å². The number of halogens is 1. The van der Waals surface area contributed by atoms with Gasteiger partial charge in [-0.25, -0.2) is 8.42 Å². The van der Waals surface area contributed by atoms with Gasteiger partial charge in [0.05, 0.1) is 11.4 Å². The lowest BCUT2D eigenvalue weighted by molar-refractivity contribution is 0.599. The van der Waals surface area contributed by atoms with Gasteiger partial charge in [0.15, 0.2) is 0 Å². The van der Waals surface area contributed by atoms with Crippen molar-refractivity contribution in [3.05, 3.63) is 27.3 Å². The molecular formula is C10H12INO2S. The maximum absolute atomic E-state index is 11.7. The van der Waals surface area contributed by atoms with Crippen LogP contribution in [0.15, 0.2) is 18.2 Å². The fourth-order valence-corrected chi connectivity index (χ4v) is 3.85. The second-order valence-electron chi connectivity index (χ2n) is 3.67. The van der Waals surface area contributed by atoms with Crippen LogP contribution >= 0.6 is 22.6 Å². The SMILES string of the molecule is Cc1ccc(I)cc1N1CCCS1(=O)=O. The first-order valence-corrected chi connectivity index (χ1v) is 7.46. The van der Waals surface area contributed by atoms with E-state index in [0.29, 0.717) is 6.54 Å². The number of sulfonamides is 1. The van der Waals surface area contributed by atoms with E-state index in [-0.39, 0.29) is 5.75 Å². The monoisotopic (exact) mass is 337 g/mol. The van der Waals surface area contributed by atoms with Gasteiger partial charge in [0.25, 0.3) is 0 Å². The Morgan fingerprint density at radius 1 is 1.40 bits per heavy atom. The molecule has 0 aromatic heterocycles. The summed E-state index contributed by atoms with van der Waals surface area (Å²) in [6.07, 6.45) is 0.729. The highest BCUT2D eigenvalue weighted by Crippen LogP contribution is 2.28. The summed E-state index contributed by atoms with van der Waals surface area (Å²) in [4.78, 5) is 0. The van der Waals surface area contributed by atoms with Crippen molar-refractivity contribution in [2.45, 2.75) is 13.3 Å². The Kier molecular flexibility index (Phi) is 2.94. The smallest absolute Gasteiger partial charge is 0.235 e. The van der Waals surface area contributed by atoms with E-state index in [1.807, 2.05) is 25.1 Å². The van der Waals surface area contributed by atoms with Crippen molar-refractivity contribution in [2.24, 2.45) is 0 Å². The lowest BCUT2D eigenvalue weighted by Crippen LogP contribution is -2.25. The maximum atomic E-state index is 11.7. The zero-order valence-corrected chi connectivity index (χ0v) is 11.4. The quantitative estimate of drug-likeness (QED) is 0.737. The van der Waals surface area contributed by atoms with Gasteiger partial charge in [0.1, 0.15) is 0 Å². The molecule has 1 aromatic carbocycles. The van der Waals surface area contributed by atoms with Gasteiger partial charge in [0, 0.05) is 10.1 Å². The summed E-state index contributed by atoms with van der Waals surface area (Å²) in [5.41, 5.74) is 1.85. The van der Waals surface area contributed by atoms with E-state index in [1.165, 1.54) is 4.31 Å². The van der Waals surface area contributed by atoms with E-state index >= 15 is 0 Å². The molecule has 1 saturated heterocycles.